The van der Waals surface area contributed by atoms with Gasteiger partial charge in [-0.1, -0.05) is 0 Å². The van der Waals surface area contributed by atoms with Gasteiger partial charge >= 0.3 is 0 Å². The highest BCUT2D eigenvalue weighted by Crippen LogP contribution is 2.60. The molecule has 0 bridgehead atoms. The predicted molar refractivity (Wildman–Crippen MR) is 85.6 cm³/mol. The summed E-state index contributed by atoms with van der Waals surface area (Å²) in [6.07, 6.45) is 5.42. The summed E-state index contributed by atoms with van der Waals surface area (Å²) >= 11 is 0. The number of halogens is 2. The average molecular weight is 349 g/mol. The minimum atomic E-state index is -0.934. The van der Waals surface area contributed by atoms with E-state index in [0.29, 0.717) is 25.2 Å². The van der Waals surface area contributed by atoms with Crippen LogP contribution in [-0.2, 0) is 4.79 Å². The molecule has 0 N–H and O–H groups in total. The molecule has 1 spiro atoms. The van der Waals surface area contributed by atoms with Crippen LogP contribution in [0, 0.1) is 23.0 Å². The number of likely N-dealkylation sites (tertiary alicyclic amines) is 1. The summed E-state index contributed by atoms with van der Waals surface area (Å²) in [6, 6.07) is 1.09. The normalized spacial score (nSPS) is 24.3. The van der Waals surface area contributed by atoms with Crippen LogP contribution >= 0.6 is 0 Å². The second-order valence-electron chi connectivity index (χ2n) is 7.58. The van der Waals surface area contributed by atoms with Crippen LogP contribution in [0.25, 0.3) is 0 Å². The van der Waals surface area contributed by atoms with Crippen molar-refractivity contribution in [3.63, 3.8) is 0 Å². The third-order valence-corrected chi connectivity index (χ3v) is 5.99. The van der Waals surface area contributed by atoms with E-state index in [1.54, 1.807) is 4.90 Å². The third kappa shape index (κ3) is 2.89. The molecular formula is C18H21F2N3O2. The fraction of sp³-hybridized carbons (Fsp3) is 0.611. The lowest BCUT2D eigenvalue weighted by Crippen LogP contribution is -2.41. The van der Waals surface area contributed by atoms with Crippen LogP contribution in [0.3, 0.4) is 0 Å². The summed E-state index contributed by atoms with van der Waals surface area (Å²) in [5.41, 5.74) is -0.333. The minimum absolute atomic E-state index is 0.00574. The van der Waals surface area contributed by atoms with Gasteiger partial charge in [0, 0.05) is 38.2 Å². The number of rotatable bonds is 3. The highest BCUT2D eigenvalue weighted by Gasteiger charge is 2.60. The van der Waals surface area contributed by atoms with E-state index in [4.69, 9.17) is 0 Å². The van der Waals surface area contributed by atoms with Crippen molar-refractivity contribution in [3.8, 4) is 0 Å². The first-order valence-corrected chi connectivity index (χ1v) is 8.78. The van der Waals surface area contributed by atoms with Crippen LogP contribution in [-0.4, -0.2) is 52.8 Å². The SMILES string of the molecule is CN(C(=O)[C@H]1CC12CCN(C(=O)c1ncc(F)cc1F)CC2)C1CC1. The maximum absolute atomic E-state index is 13.8. The van der Waals surface area contributed by atoms with Gasteiger partial charge in [0.25, 0.3) is 5.91 Å². The molecule has 1 aliphatic heterocycles. The number of aromatic nitrogens is 1. The summed E-state index contributed by atoms with van der Waals surface area (Å²) in [6.45, 7) is 0.961. The Kier molecular flexibility index (Phi) is 3.77. The molecule has 0 radical (unpaired) electrons. The summed E-state index contributed by atoms with van der Waals surface area (Å²) in [4.78, 5) is 32.0. The second-order valence-corrected chi connectivity index (χ2v) is 7.58. The monoisotopic (exact) mass is 349 g/mol. The summed E-state index contributed by atoms with van der Waals surface area (Å²) in [5, 5.41) is 0. The standard InChI is InChI=1S/C18H21F2N3O2/c1-22(12-2-3-12)16(24)13-9-18(13)4-6-23(7-5-18)17(25)15-14(20)8-11(19)10-21-15/h8,10,12-13H,2-7,9H2,1H3/t13-/m1/s1. The Hall–Kier alpha value is -2.05. The molecule has 2 amide bonds. The van der Waals surface area contributed by atoms with Crippen molar-refractivity contribution in [2.45, 2.75) is 38.1 Å². The van der Waals surface area contributed by atoms with Crippen molar-refractivity contribution < 1.29 is 18.4 Å². The molecule has 25 heavy (non-hydrogen) atoms. The van der Waals surface area contributed by atoms with Gasteiger partial charge in [-0.3, -0.25) is 9.59 Å². The van der Waals surface area contributed by atoms with Gasteiger partial charge in [-0.15, -0.1) is 0 Å². The third-order valence-electron chi connectivity index (χ3n) is 5.99. The fourth-order valence-electron chi connectivity index (χ4n) is 4.01. The van der Waals surface area contributed by atoms with Crippen molar-refractivity contribution in [1.82, 2.24) is 14.8 Å². The average Bonchev–Trinajstić information content (AvgIpc) is 3.50. The Morgan fingerprint density at radius 2 is 1.96 bits per heavy atom. The molecule has 7 heteroatoms. The first-order chi connectivity index (χ1) is 11.9. The number of amides is 2. The Labute approximate surface area is 145 Å². The fourth-order valence-corrected chi connectivity index (χ4v) is 4.01. The topological polar surface area (TPSA) is 53.5 Å². The summed E-state index contributed by atoms with van der Waals surface area (Å²) in [7, 11) is 1.88. The van der Waals surface area contributed by atoms with Gasteiger partial charge in [0.1, 0.15) is 5.82 Å². The van der Waals surface area contributed by atoms with Gasteiger partial charge in [0.15, 0.2) is 11.5 Å². The van der Waals surface area contributed by atoms with Gasteiger partial charge in [-0.05, 0) is 37.5 Å². The number of hydrogen-bond acceptors (Lipinski definition) is 3. The van der Waals surface area contributed by atoms with E-state index >= 15 is 0 Å². The van der Waals surface area contributed by atoms with Gasteiger partial charge in [-0.2, -0.15) is 0 Å². The van der Waals surface area contributed by atoms with Crippen LogP contribution in [0.4, 0.5) is 8.78 Å². The van der Waals surface area contributed by atoms with Crippen LogP contribution in [0.15, 0.2) is 12.3 Å². The zero-order valence-corrected chi connectivity index (χ0v) is 14.2. The Morgan fingerprint density at radius 1 is 1.28 bits per heavy atom. The molecule has 2 heterocycles. The van der Waals surface area contributed by atoms with E-state index < -0.39 is 17.5 Å². The van der Waals surface area contributed by atoms with Crippen LogP contribution in [0.1, 0.15) is 42.6 Å². The Morgan fingerprint density at radius 3 is 2.56 bits per heavy atom. The lowest BCUT2D eigenvalue weighted by atomic mass is 9.90. The minimum Gasteiger partial charge on any atom is -0.343 e. The van der Waals surface area contributed by atoms with E-state index in [-0.39, 0.29) is 22.9 Å². The molecule has 4 rings (SSSR count). The van der Waals surface area contributed by atoms with E-state index in [9.17, 15) is 18.4 Å². The van der Waals surface area contributed by atoms with Crippen molar-refractivity contribution in [1.29, 1.82) is 0 Å². The quantitative estimate of drug-likeness (QED) is 0.841. The maximum Gasteiger partial charge on any atom is 0.275 e. The Bertz CT molecular complexity index is 727. The van der Waals surface area contributed by atoms with Gasteiger partial charge in [-0.25, -0.2) is 13.8 Å². The number of hydrogen-bond donors (Lipinski definition) is 0. The molecule has 2 saturated carbocycles. The molecule has 1 atom stereocenters. The molecule has 1 aromatic heterocycles. The van der Waals surface area contributed by atoms with E-state index in [1.165, 1.54) is 0 Å². The van der Waals surface area contributed by atoms with Gasteiger partial charge in [0.2, 0.25) is 5.91 Å². The predicted octanol–water partition coefficient (Wildman–Crippen LogP) is 2.22. The van der Waals surface area contributed by atoms with E-state index in [2.05, 4.69) is 4.98 Å². The number of nitrogens with zero attached hydrogens (tertiary/aromatic N) is 3. The molecule has 3 fully saturated rings. The number of carbonyl (C=O) groups excluding carboxylic acids is 2. The molecule has 0 unspecified atom stereocenters. The van der Waals surface area contributed by atoms with Gasteiger partial charge in [0.05, 0.1) is 6.20 Å². The largest absolute Gasteiger partial charge is 0.343 e. The van der Waals surface area contributed by atoms with Crippen LogP contribution in [0.2, 0.25) is 0 Å². The second kappa shape index (κ2) is 5.75. The van der Waals surface area contributed by atoms with Crippen molar-refractivity contribution >= 4 is 11.8 Å². The van der Waals surface area contributed by atoms with Crippen LogP contribution < -0.4 is 0 Å². The molecule has 5 nitrogen and oxygen atoms in total. The molecular weight excluding hydrogens is 328 g/mol. The molecule has 1 saturated heterocycles. The zero-order chi connectivity index (χ0) is 17.8. The molecule has 3 aliphatic rings. The zero-order valence-electron chi connectivity index (χ0n) is 14.2. The lowest BCUT2D eigenvalue weighted by molar-refractivity contribution is -0.132. The van der Waals surface area contributed by atoms with Crippen LogP contribution in [0.5, 0.6) is 0 Å². The smallest absolute Gasteiger partial charge is 0.275 e. The molecule has 1 aromatic rings. The molecule has 2 aliphatic carbocycles. The first kappa shape index (κ1) is 16.4. The van der Waals surface area contributed by atoms with E-state index in [1.807, 2.05) is 11.9 Å². The number of piperidine rings is 1. The molecule has 134 valence electrons. The van der Waals surface area contributed by atoms with E-state index in [0.717, 1.165) is 38.3 Å². The van der Waals surface area contributed by atoms with Crippen molar-refractivity contribution in [2.75, 3.05) is 20.1 Å². The highest BCUT2D eigenvalue weighted by molar-refractivity contribution is 5.92. The van der Waals surface area contributed by atoms with Crippen molar-refractivity contribution in [2.24, 2.45) is 11.3 Å². The Balaban J connectivity index is 1.37. The molecule has 0 aromatic carbocycles. The van der Waals surface area contributed by atoms with Gasteiger partial charge < -0.3 is 9.80 Å². The number of pyridine rings is 1. The number of carbonyl (C=O) groups is 2. The highest BCUT2D eigenvalue weighted by atomic mass is 19.1. The first-order valence-electron chi connectivity index (χ1n) is 8.78. The maximum atomic E-state index is 13.8. The summed E-state index contributed by atoms with van der Waals surface area (Å²) < 4.78 is 26.7. The summed E-state index contributed by atoms with van der Waals surface area (Å²) in [5.74, 6) is -1.95. The van der Waals surface area contributed by atoms with Crippen molar-refractivity contribution in [3.05, 3.63) is 29.6 Å². The lowest BCUT2D eigenvalue weighted by Gasteiger charge is -2.33.